The Bertz CT molecular complexity index is 385. The summed E-state index contributed by atoms with van der Waals surface area (Å²) >= 11 is 0. The van der Waals surface area contributed by atoms with Crippen LogP contribution in [0.4, 0.5) is 4.79 Å². The third kappa shape index (κ3) is 4.58. The van der Waals surface area contributed by atoms with Gasteiger partial charge >= 0.3 is 6.03 Å². The zero-order valence-electron chi connectivity index (χ0n) is 11.8. The van der Waals surface area contributed by atoms with Crippen molar-refractivity contribution in [3.8, 4) is 0 Å². The van der Waals surface area contributed by atoms with Crippen molar-refractivity contribution in [1.29, 1.82) is 0 Å². The van der Waals surface area contributed by atoms with E-state index in [1.54, 1.807) is 4.90 Å². The molecule has 1 saturated carbocycles. The summed E-state index contributed by atoms with van der Waals surface area (Å²) in [6.45, 7) is 1.50. The second-order valence-corrected chi connectivity index (χ2v) is 5.53. The lowest BCUT2D eigenvalue weighted by atomic mass is 9.89. The molecule has 3 nitrogen and oxygen atoms in total. The van der Waals surface area contributed by atoms with Crippen LogP contribution in [0.1, 0.15) is 37.7 Å². The van der Waals surface area contributed by atoms with Crippen molar-refractivity contribution in [2.24, 2.45) is 5.92 Å². The number of nitrogens with zero attached hydrogens (tertiary/aromatic N) is 1. The van der Waals surface area contributed by atoms with Gasteiger partial charge in [0, 0.05) is 20.1 Å². The van der Waals surface area contributed by atoms with Gasteiger partial charge in [-0.3, -0.25) is 0 Å². The number of carbonyl (C=O) groups is 1. The van der Waals surface area contributed by atoms with Gasteiger partial charge in [0.1, 0.15) is 0 Å². The highest BCUT2D eigenvalue weighted by Gasteiger charge is 2.15. The number of urea groups is 1. The highest BCUT2D eigenvalue weighted by Crippen LogP contribution is 2.22. The predicted molar refractivity (Wildman–Crippen MR) is 77.9 cm³/mol. The van der Waals surface area contributed by atoms with Gasteiger partial charge in [0.05, 0.1) is 0 Å². The van der Waals surface area contributed by atoms with Crippen LogP contribution in [-0.2, 0) is 6.54 Å². The molecule has 1 aliphatic carbocycles. The Morgan fingerprint density at radius 2 is 1.89 bits per heavy atom. The third-order valence-electron chi connectivity index (χ3n) is 3.88. The molecule has 3 heteroatoms. The molecule has 0 bridgehead atoms. The normalized spacial score (nSPS) is 16.1. The Labute approximate surface area is 116 Å². The molecule has 1 aromatic rings. The van der Waals surface area contributed by atoms with E-state index in [-0.39, 0.29) is 6.03 Å². The van der Waals surface area contributed by atoms with Gasteiger partial charge in [-0.05, 0) is 24.3 Å². The molecular formula is C16H24N2O. The highest BCUT2D eigenvalue weighted by molar-refractivity contribution is 5.73. The van der Waals surface area contributed by atoms with Crippen LogP contribution < -0.4 is 5.32 Å². The summed E-state index contributed by atoms with van der Waals surface area (Å²) in [4.78, 5) is 13.8. The summed E-state index contributed by atoms with van der Waals surface area (Å²) < 4.78 is 0. The fourth-order valence-corrected chi connectivity index (χ4v) is 2.69. The summed E-state index contributed by atoms with van der Waals surface area (Å²) in [5, 5.41) is 3.06. The zero-order chi connectivity index (χ0) is 13.5. The first kappa shape index (κ1) is 13.9. The molecular weight excluding hydrogens is 236 g/mol. The van der Waals surface area contributed by atoms with Crippen LogP contribution in [0.2, 0.25) is 0 Å². The van der Waals surface area contributed by atoms with Crippen LogP contribution in [0.15, 0.2) is 30.3 Å². The molecule has 0 radical (unpaired) electrons. The van der Waals surface area contributed by atoms with Crippen molar-refractivity contribution in [1.82, 2.24) is 10.2 Å². The average Bonchev–Trinajstić information content (AvgIpc) is 2.47. The number of nitrogens with one attached hydrogen (secondary N) is 1. The summed E-state index contributed by atoms with van der Waals surface area (Å²) in [6, 6.07) is 10.1. The quantitative estimate of drug-likeness (QED) is 0.884. The van der Waals surface area contributed by atoms with Gasteiger partial charge in [-0.15, -0.1) is 0 Å². The Balaban J connectivity index is 1.73. The number of hydrogen-bond acceptors (Lipinski definition) is 1. The maximum atomic E-state index is 12.0. The first-order valence-corrected chi connectivity index (χ1v) is 7.28. The van der Waals surface area contributed by atoms with Crippen LogP contribution >= 0.6 is 0 Å². The first-order chi connectivity index (χ1) is 9.25. The fraction of sp³-hybridized carbons (Fsp3) is 0.562. The average molecular weight is 260 g/mol. The van der Waals surface area contributed by atoms with E-state index < -0.39 is 0 Å². The molecule has 0 unspecified atom stereocenters. The van der Waals surface area contributed by atoms with Gasteiger partial charge in [0.25, 0.3) is 0 Å². The number of rotatable bonds is 4. The van der Waals surface area contributed by atoms with Crippen LogP contribution in [0.3, 0.4) is 0 Å². The largest absolute Gasteiger partial charge is 0.338 e. The molecule has 0 saturated heterocycles. The third-order valence-corrected chi connectivity index (χ3v) is 3.88. The monoisotopic (exact) mass is 260 g/mol. The molecule has 104 valence electrons. The number of hydrogen-bond donors (Lipinski definition) is 1. The minimum absolute atomic E-state index is 0.0365. The van der Waals surface area contributed by atoms with Crippen molar-refractivity contribution in [2.75, 3.05) is 13.6 Å². The summed E-state index contributed by atoms with van der Waals surface area (Å²) in [5.74, 6) is 0.683. The molecule has 1 N–H and O–H groups in total. The van der Waals surface area contributed by atoms with Gasteiger partial charge in [-0.2, -0.15) is 0 Å². The highest BCUT2D eigenvalue weighted by atomic mass is 16.2. The molecule has 1 aliphatic rings. The Kier molecular flexibility index (Phi) is 5.25. The fourth-order valence-electron chi connectivity index (χ4n) is 2.69. The van der Waals surface area contributed by atoms with E-state index in [4.69, 9.17) is 0 Å². The van der Waals surface area contributed by atoms with E-state index in [9.17, 15) is 4.79 Å². The summed E-state index contributed by atoms with van der Waals surface area (Å²) in [6.07, 6.45) is 6.53. The van der Waals surface area contributed by atoms with Crippen LogP contribution in [-0.4, -0.2) is 24.5 Å². The number of amides is 2. The second kappa shape index (κ2) is 7.17. The molecule has 2 rings (SSSR count). The minimum Gasteiger partial charge on any atom is -0.338 e. The van der Waals surface area contributed by atoms with Crippen molar-refractivity contribution < 1.29 is 4.79 Å². The van der Waals surface area contributed by atoms with Gasteiger partial charge in [-0.1, -0.05) is 49.6 Å². The van der Waals surface area contributed by atoms with Gasteiger partial charge in [-0.25, -0.2) is 4.79 Å². The number of carbonyl (C=O) groups excluding carboxylic acids is 1. The van der Waals surface area contributed by atoms with Gasteiger partial charge < -0.3 is 10.2 Å². The lowest BCUT2D eigenvalue weighted by Crippen LogP contribution is -2.39. The van der Waals surface area contributed by atoms with Crippen LogP contribution in [0.5, 0.6) is 0 Å². The van der Waals surface area contributed by atoms with E-state index in [1.165, 1.54) is 32.1 Å². The van der Waals surface area contributed by atoms with E-state index in [2.05, 4.69) is 5.32 Å². The SMILES string of the molecule is CN(Cc1ccccc1)C(=O)NCC1CCCCC1. The standard InChI is InChI=1S/C16H24N2O/c1-18(13-15-10-6-3-7-11-15)16(19)17-12-14-8-4-2-5-9-14/h3,6-7,10-11,14H,2,4-5,8-9,12-13H2,1H3,(H,17,19). The Morgan fingerprint density at radius 1 is 1.21 bits per heavy atom. The maximum absolute atomic E-state index is 12.0. The molecule has 2 amide bonds. The van der Waals surface area contributed by atoms with Crippen molar-refractivity contribution in [2.45, 2.75) is 38.6 Å². The van der Waals surface area contributed by atoms with Gasteiger partial charge in [0.2, 0.25) is 0 Å². The summed E-state index contributed by atoms with van der Waals surface area (Å²) in [7, 11) is 1.85. The lowest BCUT2D eigenvalue weighted by molar-refractivity contribution is 0.203. The van der Waals surface area contributed by atoms with E-state index in [0.29, 0.717) is 12.5 Å². The maximum Gasteiger partial charge on any atom is 0.317 e. The van der Waals surface area contributed by atoms with Crippen molar-refractivity contribution in [3.05, 3.63) is 35.9 Å². The molecule has 19 heavy (non-hydrogen) atoms. The topological polar surface area (TPSA) is 32.3 Å². The van der Waals surface area contributed by atoms with Crippen LogP contribution in [0.25, 0.3) is 0 Å². The molecule has 0 spiro atoms. The Hall–Kier alpha value is -1.51. The first-order valence-electron chi connectivity index (χ1n) is 7.28. The van der Waals surface area contributed by atoms with Crippen LogP contribution in [0, 0.1) is 5.92 Å². The predicted octanol–water partition coefficient (Wildman–Crippen LogP) is 3.41. The van der Waals surface area contributed by atoms with Crippen molar-refractivity contribution >= 4 is 6.03 Å². The number of benzene rings is 1. The van der Waals surface area contributed by atoms with Gasteiger partial charge in [0.15, 0.2) is 0 Å². The Morgan fingerprint density at radius 3 is 2.58 bits per heavy atom. The molecule has 0 aliphatic heterocycles. The van der Waals surface area contributed by atoms with E-state index >= 15 is 0 Å². The summed E-state index contributed by atoms with van der Waals surface area (Å²) in [5.41, 5.74) is 1.16. The minimum atomic E-state index is 0.0365. The smallest absolute Gasteiger partial charge is 0.317 e. The van der Waals surface area contributed by atoms with Crippen molar-refractivity contribution in [3.63, 3.8) is 0 Å². The molecule has 0 atom stereocenters. The lowest BCUT2D eigenvalue weighted by Gasteiger charge is -2.24. The molecule has 0 aromatic heterocycles. The van der Waals surface area contributed by atoms with E-state index in [1.807, 2.05) is 37.4 Å². The molecule has 1 aromatic carbocycles. The second-order valence-electron chi connectivity index (χ2n) is 5.53. The molecule has 0 heterocycles. The zero-order valence-corrected chi connectivity index (χ0v) is 11.8. The van der Waals surface area contributed by atoms with E-state index in [0.717, 1.165) is 12.1 Å². The molecule has 1 fully saturated rings.